The summed E-state index contributed by atoms with van der Waals surface area (Å²) in [6.07, 6.45) is 7.93. The molecule has 0 aliphatic carbocycles. The third-order valence-corrected chi connectivity index (χ3v) is 10.3. The van der Waals surface area contributed by atoms with Crippen molar-refractivity contribution in [2.75, 3.05) is 13.2 Å². The van der Waals surface area contributed by atoms with E-state index in [4.69, 9.17) is 23.7 Å². The number of carbonyl (C=O) groups excluding carboxylic acids is 2. The van der Waals surface area contributed by atoms with Crippen molar-refractivity contribution in [3.63, 3.8) is 0 Å². The predicted molar refractivity (Wildman–Crippen MR) is 185 cm³/mol. The lowest BCUT2D eigenvalue weighted by Crippen LogP contribution is -2.63. The second kappa shape index (κ2) is 18.4. The van der Waals surface area contributed by atoms with Gasteiger partial charge >= 0.3 is 0 Å². The largest absolute Gasteiger partial charge is 0.376 e. The molecule has 1 amide bonds. The van der Waals surface area contributed by atoms with E-state index >= 15 is 0 Å². The Labute approximate surface area is 287 Å². The number of rotatable bonds is 16. The summed E-state index contributed by atoms with van der Waals surface area (Å²) in [6, 6.07) is 18.8. The number of fused-ring (bicyclic) bond motifs is 1. The van der Waals surface area contributed by atoms with Gasteiger partial charge in [-0.1, -0.05) is 133 Å². The highest BCUT2D eigenvalue weighted by atomic mass is 16.7. The monoisotopic (exact) mass is 663 g/mol. The summed E-state index contributed by atoms with van der Waals surface area (Å²) in [5, 5.41) is 3.30. The Morgan fingerprint density at radius 2 is 1.48 bits per heavy atom. The Bertz CT molecular complexity index is 1260. The fourth-order valence-corrected chi connectivity index (χ4v) is 7.53. The quantitative estimate of drug-likeness (QED) is 0.145. The molecule has 3 saturated heterocycles. The molecule has 8 heteroatoms. The van der Waals surface area contributed by atoms with E-state index in [1.807, 2.05) is 60.7 Å². The average molecular weight is 664 g/mol. The Balaban J connectivity index is 1.30. The molecule has 5 rings (SSSR count). The number of unbranched alkanes of at least 4 members (excludes halogenated alkanes) is 7. The third-order valence-electron chi connectivity index (χ3n) is 10.3. The highest BCUT2D eigenvalue weighted by Gasteiger charge is 2.53. The predicted octanol–water partition coefficient (Wildman–Crippen LogP) is 7.81. The van der Waals surface area contributed by atoms with Crippen molar-refractivity contribution in [2.45, 2.75) is 135 Å². The van der Waals surface area contributed by atoms with Crippen LogP contribution in [0.5, 0.6) is 0 Å². The topological polar surface area (TPSA) is 92.3 Å². The molecule has 0 saturated carbocycles. The maximum atomic E-state index is 14.3. The fourth-order valence-electron chi connectivity index (χ4n) is 7.53. The molecule has 10 atom stereocenters. The van der Waals surface area contributed by atoms with E-state index in [9.17, 15) is 9.59 Å². The Morgan fingerprint density at radius 1 is 0.812 bits per heavy atom. The second-order valence-corrected chi connectivity index (χ2v) is 14.0. The van der Waals surface area contributed by atoms with Crippen LogP contribution in [-0.4, -0.2) is 61.7 Å². The van der Waals surface area contributed by atoms with Crippen molar-refractivity contribution in [3.8, 4) is 0 Å². The molecule has 8 nitrogen and oxygen atoms in total. The number of benzene rings is 2. The van der Waals surface area contributed by atoms with Crippen LogP contribution in [-0.2, 0) is 28.5 Å². The van der Waals surface area contributed by atoms with Gasteiger partial charge in [-0.05, 0) is 12.8 Å². The summed E-state index contributed by atoms with van der Waals surface area (Å²) < 4.78 is 32.5. The van der Waals surface area contributed by atoms with Gasteiger partial charge in [0, 0.05) is 29.4 Å². The SMILES string of the molecule is CCCCCCCCCCC(=O)N[C@H]1C(CC)OCC(C)[C@H]1O[C@H]1OC2COC(c3ccccc3)O[C@@H]2[C@H](C)C1C(=O)c1ccccc1. The highest BCUT2D eigenvalue weighted by Crippen LogP contribution is 2.42. The molecule has 0 aromatic heterocycles. The minimum Gasteiger partial charge on any atom is -0.376 e. The van der Waals surface area contributed by atoms with Gasteiger partial charge in [-0.2, -0.15) is 0 Å². The number of amides is 1. The van der Waals surface area contributed by atoms with Crippen LogP contribution in [0.25, 0.3) is 0 Å². The van der Waals surface area contributed by atoms with Gasteiger partial charge < -0.3 is 29.0 Å². The number of ketones is 1. The maximum Gasteiger partial charge on any atom is 0.220 e. The Hall–Kier alpha value is -2.62. The average Bonchev–Trinajstić information content (AvgIpc) is 3.11. The molecule has 264 valence electrons. The molecule has 2 aromatic carbocycles. The number of hydrogen-bond donors (Lipinski definition) is 1. The van der Waals surface area contributed by atoms with E-state index in [2.05, 4.69) is 33.0 Å². The first kappa shape index (κ1) is 36.7. The zero-order valence-electron chi connectivity index (χ0n) is 29.4. The molecular weight excluding hydrogens is 606 g/mol. The van der Waals surface area contributed by atoms with Gasteiger partial charge in [-0.25, -0.2) is 0 Å². The summed E-state index contributed by atoms with van der Waals surface area (Å²) >= 11 is 0. The first-order chi connectivity index (χ1) is 23.4. The van der Waals surface area contributed by atoms with Crippen LogP contribution in [0.1, 0.15) is 114 Å². The smallest absolute Gasteiger partial charge is 0.220 e. The normalized spacial score (nSPS) is 31.9. The van der Waals surface area contributed by atoms with Crippen LogP contribution in [0.3, 0.4) is 0 Å². The van der Waals surface area contributed by atoms with Crippen LogP contribution in [0.2, 0.25) is 0 Å². The summed E-state index contributed by atoms with van der Waals surface area (Å²) in [7, 11) is 0. The molecule has 1 N–H and O–H groups in total. The van der Waals surface area contributed by atoms with E-state index in [0.29, 0.717) is 25.2 Å². The lowest BCUT2D eigenvalue weighted by atomic mass is 9.78. The first-order valence-corrected chi connectivity index (χ1v) is 18.5. The number of carbonyl (C=O) groups is 2. The van der Waals surface area contributed by atoms with Gasteiger partial charge in [0.1, 0.15) is 6.10 Å². The molecule has 3 aliphatic heterocycles. The molecule has 3 aliphatic rings. The number of Topliss-reactive ketones (excluding diaryl/α,β-unsaturated/α-hetero) is 1. The molecule has 5 unspecified atom stereocenters. The summed E-state index contributed by atoms with van der Waals surface area (Å²) in [5.74, 6) is -0.881. The second-order valence-electron chi connectivity index (χ2n) is 14.0. The zero-order chi connectivity index (χ0) is 33.9. The molecule has 3 heterocycles. The Kier molecular flexibility index (Phi) is 14.0. The summed E-state index contributed by atoms with van der Waals surface area (Å²) in [5.41, 5.74) is 1.54. The minimum atomic E-state index is -0.843. The summed E-state index contributed by atoms with van der Waals surface area (Å²) in [6.45, 7) is 9.26. The van der Waals surface area contributed by atoms with Gasteiger partial charge in [-0.15, -0.1) is 0 Å². The number of hydrogen-bond acceptors (Lipinski definition) is 7. The van der Waals surface area contributed by atoms with Crippen LogP contribution in [0, 0.1) is 17.8 Å². The van der Waals surface area contributed by atoms with Gasteiger partial charge in [0.25, 0.3) is 0 Å². The van der Waals surface area contributed by atoms with Crippen LogP contribution >= 0.6 is 0 Å². The van der Waals surface area contributed by atoms with E-state index in [0.717, 1.165) is 24.8 Å². The van der Waals surface area contributed by atoms with Crippen molar-refractivity contribution < 1.29 is 33.3 Å². The maximum absolute atomic E-state index is 14.3. The molecule has 0 bridgehead atoms. The fraction of sp³-hybridized carbons (Fsp3) is 0.650. The molecule has 3 fully saturated rings. The molecule has 2 aromatic rings. The van der Waals surface area contributed by atoms with Crippen molar-refractivity contribution in [3.05, 3.63) is 71.8 Å². The van der Waals surface area contributed by atoms with E-state index < -0.39 is 30.7 Å². The van der Waals surface area contributed by atoms with E-state index in [1.54, 1.807) is 0 Å². The first-order valence-electron chi connectivity index (χ1n) is 18.5. The van der Waals surface area contributed by atoms with Gasteiger partial charge in [-0.3, -0.25) is 9.59 Å². The number of ether oxygens (including phenoxy) is 5. The highest BCUT2D eigenvalue weighted by molar-refractivity contribution is 5.98. The van der Waals surface area contributed by atoms with Crippen molar-refractivity contribution in [2.24, 2.45) is 17.8 Å². The van der Waals surface area contributed by atoms with Gasteiger partial charge in [0.2, 0.25) is 5.91 Å². The number of nitrogens with one attached hydrogen (secondary N) is 1. The van der Waals surface area contributed by atoms with E-state index in [1.165, 1.54) is 38.5 Å². The molecule has 48 heavy (non-hydrogen) atoms. The lowest BCUT2D eigenvalue weighted by Gasteiger charge is -2.50. The van der Waals surface area contributed by atoms with Crippen LogP contribution in [0.15, 0.2) is 60.7 Å². The van der Waals surface area contributed by atoms with Gasteiger partial charge in [0.15, 0.2) is 18.4 Å². The van der Waals surface area contributed by atoms with Gasteiger partial charge in [0.05, 0.1) is 43.5 Å². The van der Waals surface area contributed by atoms with Crippen molar-refractivity contribution >= 4 is 11.7 Å². The standard InChI is InChI=1S/C40H57NO7/c1-5-7-8-9-10-11-12-19-24-33(42)41-35-31(6-2)44-25-27(3)37(35)47-40-34(36(43)29-20-15-13-16-21-29)28(4)38-32(46-40)26-45-39(48-38)30-22-17-14-18-23-30/h13-18,20-23,27-28,31-32,34-35,37-40H,5-12,19,24-26H2,1-4H3,(H,41,42)/t27?,28-,31?,32?,34?,35+,37-,38-,39?,40-/m1/s1. The minimum absolute atomic E-state index is 0.0201. The molecule has 0 radical (unpaired) electrons. The van der Waals surface area contributed by atoms with E-state index in [-0.39, 0.29) is 41.8 Å². The Morgan fingerprint density at radius 3 is 2.17 bits per heavy atom. The van der Waals surface area contributed by atoms with Crippen LogP contribution in [0.4, 0.5) is 0 Å². The lowest BCUT2D eigenvalue weighted by molar-refractivity contribution is -0.349. The molecule has 0 spiro atoms. The van der Waals surface area contributed by atoms with Crippen LogP contribution < -0.4 is 5.32 Å². The zero-order valence-corrected chi connectivity index (χ0v) is 29.4. The summed E-state index contributed by atoms with van der Waals surface area (Å²) in [4.78, 5) is 27.5. The molecular formula is C40H57NO7. The van der Waals surface area contributed by atoms with Crippen molar-refractivity contribution in [1.29, 1.82) is 0 Å². The van der Waals surface area contributed by atoms with Crippen molar-refractivity contribution in [1.82, 2.24) is 5.32 Å². The third kappa shape index (κ3) is 9.33.